The smallest absolute Gasteiger partial charge is 0.127 e. The van der Waals surface area contributed by atoms with E-state index in [1.54, 1.807) is 0 Å². The Morgan fingerprint density at radius 2 is 1.95 bits per heavy atom. The molecule has 1 N–H and O–H groups in total. The minimum absolute atomic E-state index is 0. The maximum atomic E-state index is 13.7. The van der Waals surface area contributed by atoms with Crippen molar-refractivity contribution in [3.05, 3.63) is 35.4 Å². The Morgan fingerprint density at radius 3 is 2.60 bits per heavy atom. The molecule has 0 radical (unpaired) electrons. The van der Waals surface area contributed by atoms with Crippen LogP contribution in [0.1, 0.15) is 31.7 Å². The van der Waals surface area contributed by atoms with E-state index in [9.17, 15) is 8.78 Å². The van der Waals surface area contributed by atoms with Crippen LogP contribution in [0.4, 0.5) is 8.78 Å². The molecule has 20 heavy (non-hydrogen) atoms. The molecule has 0 unspecified atom stereocenters. The molecule has 1 heterocycles. The van der Waals surface area contributed by atoms with E-state index in [-0.39, 0.29) is 24.0 Å². The van der Waals surface area contributed by atoms with E-state index < -0.39 is 0 Å². The molecule has 2 nitrogen and oxygen atoms in total. The summed E-state index contributed by atoms with van der Waals surface area (Å²) in [6.45, 7) is 5.58. The van der Waals surface area contributed by atoms with Crippen molar-refractivity contribution in [2.75, 3.05) is 19.6 Å². The highest BCUT2D eigenvalue weighted by Crippen LogP contribution is 2.18. The molecular formula is C15H23ClF2N2. The van der Waals surface area contributed by atoms with Crippen LogP contribution in [0.2, 0.25) is 0 Å². The fourth-order valence-corrected chi connectivity index (χ4v) is 2.73. The van der Waals surface area contributed by atoms with Gasteiger partial charge in [0.1, 0.15) is 11.6 Å². The van der Waals surface area contributed by atoms with Crippen molar-refractivity contribution in [3.8, 4) is 0 Å². The molecule has 1 aromatic carbocycles. The molecule has 0 aliphatic carbocycles. The predicted molar refractivity (Wildman–Crippen MR) is 80.2 cm³/mol. The molecule has 1 aromatic rings. The highest BCUT2D eigenvalue weighted by molar-refractivity contribution is 5.85. The molecule has 0 aromatic heterocycles. The van der Waals surface area contributed by atoms with E-state index in [2.05, 4.69) is 17.1 Å². The van der Waals surface area contributed by atoms with Crippen LogP contribution >= 0.6 is 12.4 Å². The van der Waals surface area contributed by atoms with Gasteiger partial charge in [-0.2, -0.15) is 0 Å². The van der Waals surface area contributed by atoms with Gasteiger partial charge in [0.15, 0.2) is 0 Å². The first kappa shape index (κ1) is 17.3. The first-order chi connectivity index (χ1) is 9.20. The Kier molecular flexibility index (Phi) is 7.41. The monoisotopic (exact) mass is 304 g/mol. The molecule has 1 aliphatic heterocycles. The lowest BCUT2D eigenvalue weighted by Crippen LogP contribution is -2.43. The van der Waals surface area contributed by atoms with E-state index in [1.807, 2.05) is 0 Å². The molecule has 0 spiro atoms. The normalized spacial score (nSPS) is 16.2. The zero-order valence-electron chi connectivity index (χ0n) is 11.9. The lowest BCUT2D eigenvalue weighted by molar-refractivity contribution is 0.152. The second-order valence-electron chi connectivity index (χ2n) is 5.19. The van der Waals surface area contributed by atoms with Crippen LogP contribution in [0.5, 0.6) is 0 Å². The Balaban J connectivity index is 0.00000200. The van der Waals surface area contributed by atoms with Crippen LogP contribution in [-0.4, -0.2) is 30.6 Å². The zero-order valence-corrected chi connectivity index (χ0v) is 12.7. The summed E-state index contributed by atoms with van der Waals surface area (Å²) in [6, 6.07) is 4.19. The van der Waals surface area contributed by atoms with Gasteiger partial charge in [0.05, 0.1) is 0 Å². The highest BCUT2D eigenvalue weighted by Gasteiger charge is 2.21. The predicted octanol–water partition coefficient (Wildman–Crippen LogP) is 3.35. The minimum atomic E-state index is -0.363. The Labute approximate surface area is 126 Å². The molecule has 1 fully saturated rings. The van der Waals surface area contributed by atoms with Crippen LogP contribution in [0, 0.1) is 11.6 Å². The standard InChI is InChI=1S/C15H22F2N2.ClH/c1-2-9-19(14-5-7-18-8-6-14)11-12-10-13(16)3-4-15(12)17;/h3-4,10,14,18H,2,5-9,11H2,1H3;1H. The third-order valence-electron chi connectivity index (χ3n) is 3.72. The number of hydrogen-bond donors (Lipinski definition) is 1. The van der Waals surface area contributed by atoms with Crippen LogP contribution < -0.4 is 5.32 Å². The summed E-state index contributed by atoms with van der Waals surface area (Å²) < 4.78 is 27.0. The molecule has 1 aliphatic rings. The van der Waals surface area contributed by atoms with Crippen molar-refractivity contribution in [2.24, 2.45) is 0 Å². The Hall–Kier alpha value is -0.710. The van der Waals surface area contributed by atoms with Crippen molar-refractivity contribution < 1.29 is 8.78 Å². The van der Waals surface area contributed by atoms with Gasteiger partial charge in [0.25, 0.3) is 0 Å². The van der Waals surface area contributed by atoms with Gasteiger partial charge in [-0.15, -0.1) is 12.4 Å². The maximum absolute atomic E-state index is 13.7. The van der Waals surface area contributed by atoms with Crippen LogP contribution in [-0.2, 0) is 6.54 Å². The van der Waals surface area contributed by atoms with E-state index >= 15 is 0 Å². The summed E-state index contributed by atoms with van der Waals surface area (Å²) in [4.78, 5) is 2.29. The molecule has 0 saturated carbocycles. The lowest BCUT2D eigenvalue weighted by atomic mass is 10.0. The highest BCUT2D eigenvalue weighted by atomic mass is 35.5. The van der Waals surface area contributed by atoms with Gasteiger partial charge in [-0.05, 0) is 57.1 Å². The summed E-state index contributed by atoms with van der Waals surface area (Å²) in [6.07, 6.45) is 3.19. The third kappa shape index (κ3) is 4.69. The van der Waals surface area contributed by atoms with Crippen molar-refractivity contribution >= 4 is 12.4 Å². The largest absolute Gasteiger partial charge is 0.317 e. The Morgan fingerprint density at radius 1 is 1.25 bits per heavy atom. The summed E-state index contributed by atoms with van der Waals surface area (Å²) in [5, 5.41) is 3.34. The maximum Gasteiger partial charge on any atom is 0.127 e. The van der Waals surface area contributed by atoms with Crippen LogP contribution in [0.15, 0.2) is 18.2 Å². The average molecular weight is 305 g/mol. The van der Waals surface area contributed by atoms with Crippen molar-refractivity contribution in [3.63, 3.8) is 0 Å². The zero-order chi connectivity index (χ0) is 13.7. The molecule has 1 saturated heterocycles. The van der Waals surface area contributed by atoms with Crippen molar-refractivity contribution in [1.82, 2.24) is 10.2 Å². The van der Waals surface area contributed by atoms with Gasteiger partial charge in [-0.1, -0.05) is 6.92 Å². The fourth-order valence-electron chi connectivity index (χ4n) is 2.73. The average Bonchev–Trinajstić information content (AvgIpc) is 2.43. The topological polar surface area (TPSA) is 15.3 Å². The number of hydrogen-bond acceptors (Lipinski definition) is 2. The summed E-state index contributed by atoms with van der Waals surface area (Å²) in [7, 11) is 0. The Bertz CT molecular complexity index is 409. The van der Waals surface area contributed by atoms with Gasteiger partial charge in [0, 0.05) is 18.2 Å². The van der Waals surface area contributed by atoms with Gasteiger partial charge in [0.2, 0.25) is 0 Å². The quantitative estimate of drug-likeness (QED) is 0.897. The number of benzene rings is 1. The second-order valence-corrected chi connectivity index (χ2v) is 5.19. The first-order valence-corrected chi connectivity index (χ1v) is 7.09. The van der Waals surface area contributed by atoms with Gasteiger partial charge in [-0.3, -0.25) is 4.90 Å². The number of halogens is 3. The molecule has 0 atom stereocenters. The second kappa shape index (κ2) is 8.55. The number of rotatable bonds is 5. The molecule has 2 rings (SSSR count). The third-order valence-corrected chi connectivity index (χ3v) is 3.72. The van der Waals surface area contributed by atoms with Gasteiger partial charge in [-0.25, -0.2) is 8.78 Å². The van der Waals surface area contributed by atoms with E-state index in [0.29, 0.717) is 18.2 Å². The van der Waals surface area contributed by atoms with E-state index in [1.165, 1.54) is 18.2 Å². The SMILES string of the molecule is CCCN(Cc1cc(F)ccc1F)C1CCNCC1.Cl. The minimum Gasteiger partial charge on any atom is -0.317 e. The number of nitrogens with zero attached hydrogens (tertiary/aromatic N) is 1. The number of piperidine rings is 1. The van der Waals surface area contributed by atoms with Crippen molar-refractivity contribution in [2.45, 2.75) is 38.8 Å². The van der Waals surface area contributed by atoms with Gasteiger partial charge >= 0.3 is 0 Å². The van der Waals surface area contributed by atoms with E-state index in [4.69, 9.17) is 0 Å². The summed E-state index contributed by atoms with van der Waals surface area (Å²) in [5.41, 5.74) is 0.465. The fraction of sp³-hybridized carbons (Fsp3) is 0.600. The van der Waals surface area contributed by atoms with Crippen LogP contribution in [0.3, 0.4) is 0 Å². The van der Waals surface area contributed by atoms with E-state index in [0.717, 1.165) is 38.9 Å². The van der Waals surface area contributed by atoms with Gasteiger partial charge < -0.3 is 5.32 Å². The molecule has 0 amide bonds. The summed E-state index contributed by atoms with van der Waals surface area (Å²) >= 11 is 0. The first-order valence-electron chi connectivity index (χ1n) is 7.09. The molecule has 114 valence electrons. The summed E-state index contributed by atoms with van der Waals surface area (Å²) in [5.74, 6) is -0.672. The molecular weight excluding hydrogens is 282 g/mol. The van der Waals surface area contributed by atoms with Crippen LogP contribution in [0.25, 0.3) is 0 Å². The number of nitrogens with one attached hydrogen (secondary N) is 1. The lowest BCUT2D eigenvalue weighted by Gasteiger charge is -2.34. The molecule has 5 heteroatoms. The van der Waals surface area contributed by atoms with Crippen molar-refractivity contribution in [1.29, 1.82) is 0 Å². The molecule has 0 bridgehead atoms.